The summed E-state index contributed by atoms with van der Waals surface area (Å²) in [7, 11) is 0. The molecule has 0 aliphatic rings. The van der Waals surface area contributed by atoms with Crippen LogP contribution < -0.4 is 5.32 Å². The number of rotatable bonds is 5. The molecule has 2 aromatic rings. The number of aryl methyl sites for hydroxylation is 1. The second-order valence-electron chi connectivity index (χ2n) is 4.30. The van der Waals surface area contributed by atoms with Gasteiger partial charge in [0.15, 0.2) is 0 Å². The van der Waals surface area contributed by atoms with E-state index in [4.69, 9.17) is 0 Å². The van der Waals surface area contributed by atoms with E-state index >= 15 is 0 Å². The summed E-state index contributed by atoms with van der Waals surface area (Å²) in [5, 5.41) is 2.89. The summed E-state index contributed by atoms with van der Waals surface area (Å²) in [5.74, 6) is 0.943. The Labute approximate surface area is 106 Å². The molecule has 18 heavy (non-hydrogen) atoms. The van der Waals surface area contributed by atoms with Crippen LogP contribution in [-0.4, -0.2) is 22.4 Å². The van der Waals surface area contributed by atoms with Gasteiger partial charge in [0, 0.05) is 25.4 Å². The molecule has 0 fully saturated rings. The van der Waals surface area contributed by atoms with Crippen molar-refractivity contribution in [1.82, 2.24) is 15.3 Å². The molecule has 2 N–H and O–H groups in total. The third-order valence-corrected chi connectivity index (χ3v) is 2.69. The van der Waals surface area contributed by atoms with Crippen LogP contribution in [0.3, 0.4) is 0 Å². The molecule has 4 nitrogen and oxygen atoms in total. The maximum Gasteiger partial charge on any atom is 0.224 e. The zero-order valence-corrected chi connectivity index (χ0v) is 10.4. The lowest BCUT2D eigenvalue weighted by molar-refractivity contribution is -0.120. The van der Waals surface area contributed by atoms with E-state index in [1.807, 2.05) is 31.2 Å². The SMILES string of the molecule is Cc1cccc(CC(=O)NCCc2ncc[nH]2)c1. The Morgan fingerprint density at radius 1 is 1.44 bits per heavy atom. The highest BCUT2D eigenvalue weighted by Gasteiger charge is 2.03. The monoisotopic (exact) mass is 243 g/mol. The molecule has 0 aliphatic heterocycles. The molecule has 1 aromatic carbocycles. The summed E-state index contributed by atoms with van der Waals surface area (Å²) in [4.78, 5) is 18.8. The largest absolute Gasteiger partial charge is 0.355 e. The molecule has 0 radical (unpaired) electrons. The van der Waals surface area contributed by atoms with Gasteiger partial charge in [0.25, 0.3) is 0 Å². The van der Waals surface area contributed by atoms with Crippen LogP contribution in [0.5, 0.6) is 0 Å². The van der Waals surface area contributed by atoms with E-state index in [1.54, 1.807) is 12.4 Å². The predicted molar refractivity (Wildman–Crippen MR) is 70.2 cm³/mol. The first-order valence-corrected chi connectivity index (χ1v) is 6.04. The molecule has 1 amide bonds. The zero-order chi connectivity index (χ0) is 12.8. The highest BCUT2D eigenvalue weighted by molar-refractivity contribution is 5.78. The van der Waals surface area contributed by atoms with E-state index in [0.717, 1.165) is 17.8 Å². The van der Waals surface area contributed by atoms with Crippen LogP contribution in [0.25, 0.3) is 0 Å². The van der Waals surface area contributed by atoms with Crippen molar-refractivity contribution >= 4 is 5.91 Å². The Balaban J connectivity index is 1.75. The molecule has 0 unspecified atom stereocenters. The Morgan fingerprint density at radius 2 is 2.33 bits per heavy atom. The number of nitrogens with zero attached hydrogens (tertiary/aromatic N) is 1. The number of benzene rings is 1. The van der Waals surface area contributed by atoms with Gasteiger partial charge in [0.05, 0.1) is 6.42 Å². The molecule has 0 aliphatic carbocycles. The van der Waals surface area contributed by atoms with Crippen LogP contribution in [0.2, 0.25) is 0 Å². The fourth-order valence-electron chi connectivity index (χ4n) is 1.83. The topological polar surface area (TPSA) is 57.8 Å². The van der Waals surface area contributed by atoms with E-state index < -0.39 is 0 Å². The van der Waals surface area contributed by atoms with Gasteiger partial charge in [-0.05, 0) is 12.5 Å². The molecule has 0 bridgehead atoms. The molecule has 94 valence electrons. The van der Waals surface area contributed by atoms with Crippen molar-refractivity contribution in [1.29, 1.82) is 0 Å². The van der Waals surface area contributed by atoms with Gasteiger partial charge in [-0.15, -0.1) is 0 Å². The second-order valence-corrected chi connectivity index (χ2v) is 4.30. The van der Waals surface area contributed by atoms with E-state index in [1.165, 1.54) is 5.56 Å². The zero-order valence-electron chi connectivity index (χ0n) is 10.4. The summed E-state index contributed by atoms with van der Waals surface area (Å²) < 4.78 is 0. The summed E-state index contributed by atoms with van der Waals surface area (Å²) in [6.45, 7) is 2.64. The fraction of sp³-hybridized carbons (Fsp3) is 0.286. The Morgan fingerprint density at radius 3 is 3.06 bits per heavy atom. The number of nitrogens with one attached hydrogen (secondary N) is 2. The molecular weight excluding hydrogens is 226 g/mol. The molecule has 2 rings (SSSR count). The van der Waals surface area contributed by atoms with E-state index in [9.17, 15) is 4.79 Å². The van der Waals surface area contributed by atoms with Gasteiger partial charge in [0.1, 0.15) is 5.82 Å². The molecule has 4 heteroatoms. The molecule has 0 atom stereocenters. The van der Waals surface area contributed by atoms with Gasteiger partial charge >= 0.3 is 0 Å². The average molecular weight is 243 g/mol. The lowest BCUT2D eigenvalue weighted by atomic mass is 10.1. The van der Waals surface area contributed by atoms with Crippen molar-refractivity contribution in [3.05, 3.63) is 53.6 Å². The van der Waals surface area contributed by atoms with Crippen molar-refractivity contribution in [2.75, 3.05) is 6.54 Å². The van der Waals surface area contributed by atoms with Crippen LogP contribution in [0.15, 0.2) is 36.7 Å². The van der Waals surface area contributed by atoms with Crippen molar-refractivity contribution in [2.45, 2.75) is 19.8 Å². The smallest absolute Gasteiger partial charge is 0.224 e. The van der Waals surface area contributed by atoms with E-state index in [-0.39, 0.29) is 5.91 Å². The molecule has 1 aromatic heterocycles. The van der Waals surface area contributed by atoms with Crippen LogP contribution in [0, 0.1) is 6.92 Å². The van der Waals surface area contributed by atoms with Gasteiger partial charge in [-0.25, -0.2) is 4.98 Å². The first-order chi connectivity index (χ1) is 8.74. The number of aromatic amines is 1. The minimum atomic E-state index is 0.0483. The first kappa shape index (κ1) is 12.4. The summed E-state index contributed by atoms with van der Waals surface area (Å²) >= 11 is 0. The lowest BCUT2D eigenvalue weighted by Gasteiger charge is -2.05. The third kappa shape index (κ3) is 3.73. The standard InChI is InChI=1S/C14H17N3O/c1-11-3-2-4-12(9-11)10-14(18)17-6-5-13-15-7-8-16-13/h2-4,7-9H,5-6,10H2,1H3,(H,15,16)(H,17,18). The van der Waals surface area contributed by atoms with Gasteiger partial charge < -0.3 is 10.3 Å². The van der Waals surface area contributed by atoms with Crippen LogP contribution in [0.4, 0.5) is 0 Å². The maximum atomic E-state index is 11.7. The number of amides is 1. The van der Waals surface area contributed by atoms with Crippen LogP contribution in [-0.2, 0) is 17.6 Å². The number of carbonyl (C=O) groups excluding carboxylic acids is 1. The van der Waals surface area contributed by atoms with E-state index in [2.05, 4.69) is 15.3 Å². The lowest BCUT2D eigenvalue weighted by Crippen LogP contribution is -2.27. The van der Waals surface area contributed by atoms with Gasteiger partial charge in [-0.1, -0.05) is 29.8 Å². The number of hydrogen-bond donors (Lipinski definition) is 2. The molecule has 1 heterocycles. The molecule has 0 spiro atoms. The van der Waals surface area contributed by atoms with Crippen molar-refractivity contribution in [3.63, 3.8) is 0 Å². The Kier molecular flexibility index (Phi) is 4.12. The molecule has 0 saturated carbocycles. The normalized spacial score (nSPS) is 10.3. The highest BCUT2D eigenvalue weighted by Crippen LogP contribution is 2.04. The maximum absolute atomic E-state index is 11.7. The summed E-state index contributed by atoms with van der Waals surface area (Å²) in [6, 6.07) is 8.00. The number of aromatic nitrogens is 2. The average Bonchev–Trinajstić information content (AvgIpc) is 2.82. The number of imidazole rings is 1. The first-order valence-electron chi connectivity index (χ1n) is 6.04. The summed E-state index contributed by atoms with van der Waals surface area (Å²) in [6.07, 6.45) is 4.65. The predicted octanol–water partition coefficient (Wildman–Crippen LogP) is 1.62. The van der Waals surface area contributed by atoms with Gasteiger partial charge in [-0.3, -0.25) is 4.79 Å². The minimum Gasteiger partial charge on any atom is -0.355 e. The number of H-pyrrole nitrogens is 1. The fourth-order valence-corrected chi connectivity index (χ4v) is 1.83. The Hall–Kier alpha value is -2.10. The molecule has 0 saturated heterocycles. The van der Waals surface area contributed by atoms with Crippen molar-refractivity contribution < 1.29 is 4.79 Å². The molecular formula is C14H17N3O. The Bertz CT molecular complexity index is 506. The van der Waals surface area contributed by atoms with Crippen molar-refractivity contribution in [2.24, 2.45) is 0 Å². The highest BCUT2D eigenvalue weighted by atomic mass is 16.1. The minimum absolute atomic E-state index is 0.0483. The van der Waals surface area contributed by atoms with Crippen molar-refractivity contribution in [3.8, 4) is 0 Å². The quantitative estimate of drug-likeness (QED) is 0.838. The number of hydrogen-bond acceptors (Lipinski definition) is 2. The second kappa shape index (κ2) is 6.00. The van der Waals surface area contributed by atoms with Crippen LogP contribution in [0.1, 0.15) is 17.0 Å². The van der Waals surface area contributed by atoms with E-state index in [0.29, 0.717) is 13.0 Å². The van der Waals surface area contributed by atoms with Gasteiger partial charge in [-0.2, -0.15) is 0 Å². The van der Waals surface area contributed by atoms with Gasteiger partial charge in [0.2, 0.25) is 5.91 Å². The number of carbonyl (C=O) groups is 1. The van der Waals surface area contributed by atoms with Crippen LogP contribution >= 0.6 is 0 Å². The third-order valence-electron chi connectivity index (χ3n) is 2.69. The summed E-state index contributed by atoms with van der Waals surface area (Å²) in [5.41, 5.74) is 2.22.